The molecule has 1 aliphatic rings. The Kier molecular flexibility index (Phi) is 3.50. The minimum absolute atomic E-state index is 0.495. The number of carbonyl (C=O) groups excluding carboxylic acids is 1. The molecule has 0 unspecified atom stereocenters. The van der Waals surface area contributed by atoms with Crippen LogP contribution in [0.15, 0.2) is 12.1 Å². The van der Waals surface area contributed by atoms with E-state index in [-0.39, 0.29) is 0 Å². The second-order valence-electron chi connectivity index (χ2n) is 4.73. The van der Waals surface area contributed by atoms with E-state index in [2.05, 4.69) is 6.92 Å². The van der Waals surface area contributed by atoms with Crippen LogP contribution in [0.25, 0.3) is 0 Å². The van der Waals surface area contributed by atoms with Crippen LogP contribution in [-0.4, -0.2) is 29.0 Å². The maximum Gasteiger partial charge on any atom is 0.259 e. The second-order valence-corrected chi connectivity index (χ2v) is 4.73. The van der Waals surface area contributed by atoms with Gasteiger partial charge in [0.15, 0.2) is 11.6 Å². The number of piperidine rings is 1. The van der Waals surface area contributed by atoms with Crippen molar-refractivity contribution in [2.45, 2.75) is 19.8 Å². The van der Waals surface area contributed by atoms with E-state index in [0.717, 1.165) is 25.0 Å². The summed E-state index contributed by atoms with van der Waals surface area (Å²) in [5, 5.41) is 9.20. The highest BCUT2D eigenvalue weighted by atomic mass is 19.1. The Balaban J connectivity index is 2.26. The van der Waals surface area contributed by atoms with Gasteiger partial charge in [0.25, 0.3) is 5.91 Å². The number of likely N-dealkylation sites (tertiary alicyclic amines) is 1. The number of hydrogen-bond acceptors (Lipinski definition) is 2. The largest absolute Gasteiger partial charge is 0.505 e. The van der Waals surface area contributed by atoms with Crippen LogP contribution in [0.2, 0.25) is 0 Å². The molecule has 0 spiro atoms. The van der Waals surface area contributed by atoms with Crippen molar-refractivity contribution in [1.82, 2.24) is 4.90 Å². The number of hydrogen-bond donors (Lipinski definition) is 1. The molecule has 1 aromatic rings. The molecular weight excluding hydrogens is 240 g/mol. The smallest absolute Gasteiger partial charge is 0.259 e. The number of rotatable bonds is 1. The SMILES string of the molecule is CC1CCN(C(=O)c2c(F)ccc(O)c2F)CC1. The zero-order valence-corrected chi connectivity index (χ0v) is 10.1. The molecule has 0 atom stereocenters. The van der Waals surface area contributed by atoms with Gasteiger partial charge in [0.1, 0.15) is 11.4 Å². The van der Waals surface area contributed by atoms with E-state index in [1.807, 2.05) is 0 Å². The van der Waals surface area contributed by atoms with Gasteiger partial charge < -0.3 is 10.0 Å². The highest BCUT2D eigenvalue weighted by molar-refractivity contribution is 5.95. The van der Waals surface area contributed by atoms with Crippen LogP contribution in [0.5, 0.6) is 5.75 Å². The predicted molar refractivity (Wildman–Crippen MR) is 62.3 cm³/mol. The molecule has 98 valence electrons. The lowest BCUT2D eigenvalue weighted by Gasteiger charge is -2.30. The Morgan fingerprint density at radius 3 is 2.56 bits per heavy atom. The molecule has 3 nitrogen and oxygen atoms in total. The van der Waals surface area contributed by atoms with E-state index in [0.29, 0.717) is 19.0 Å². The predicted octanol–water partition coefficient (Wildman–Crippen LogP) is 2.54. The molecule has 0 bridgehead atoms. The number of carbonyl (C=O) groups is 1. The molecule has 0 saturated carbocycles. The molecule has 1 heterocycles. The Morgan fingerprint density at radius 2 is 1.94 bits per heavy atom. The third kappa shape index (κ3) is 2.30. The molecule has 1 amide bonds. The van der Waals surface area contributed by atoms with Crippen molar-refractivity contribution in [2.24, 2.45) is 5.92 Å². The molecule has 0 aromatic heterocycles. The Hall–Kier alpha value is -1.65. The van der Waals surface area contributed by atoms with Gasteiger partial charge in [-0.3, -0.25) is 4.79 Å². The highest BCUT2D eigenvalue weighted by Crippen LogP contribution is 2.25. The lowest BCUT2D eigenvalue weighted by atomic mass is 9.98. The minimum atomic E-state index is -1.18. The second kappa shape index (κ2) is 4.92. The molecule has 0 radical (unpaired) electrons. The third-order valence-electron chi connectivity index (χ3n) is 3.36. The minimum Gasteiger partial charge on any atom is -0.505 e. The number of phenols is 1. The zero-order valence-electron chi connectivity index (χ0n) is 10.1. The fraction of sp³-hybridized carbons (Fsp3) is 0.462. The average molecular weight is 255 g/mol. The number of halogens is 2. The van der Waals surface area contributed by atoms with Gasteiger partial charge in [0.2, 0.25) is 0 Å². The molecule has 1 aromatic carbocycles. The van der Waals surface area contributed by atoms with Gasteiger partial charge in [0.05, 0.1) is 0 Å². The number of benzene rings is 1. The molecule has 18 heavy (non-hydrogen) atoms. The maximum absolute atomic E-state index is 13.6. The van der Waals surface area contributed by atoms with Gasteiger partial charge in [-0.05, 0) is 30.9 Å². The first-order chi connectivity index (χ1) is 8.50. The summed E-state index contributed by atoms with van der Waals surface area (Å²) in [6.45, 7) is 3.07. The summed E-state index contributed by atoms with van der Waals surface area (Å²) >= 11 is 0. The summed E-state index contributed by atoms with van der Waals surface area (Å²) < 4.78 is 27.1. The zero-order chi connectivity index (χ0) is 13.3. The summed E-state index contributed by atoms with van der Waals surface area (Å²) in [6, 6.07) is 1.80. The van der Waals surface area contributed by atoms with Gasteiger partial charge in [0, 0.05) is 13.1 Å². The topological polar surface area (TPSA) is 40.5 Å². The fourth-order valence-electron chi connectivity index (χ4n) is 2.11. The summed E-state index contributed by atoms with van der Waals surface area (Å²) in [5.74, 6) is -2.99. The first-order valence-corrected chi connectivity index (χ1v) is 5.97. The summed E-state index contributed by atoms with van der Waals surface area (Å²) in [5.41, 5.74) is -0.662. The van der Waals surface area contributed by atoms with Crippen molar-refractivity contribution in [1.29, 1.82) is 0 Å². The quantitative estimate of drug-likeness (QED) is 0.837. The van der Waals surface area contributed by atoms with Crippen molar-refractivity contribution in [3.63, 3.8) is 0 Å². The number of amides is 1. The lowest BCUT2D eigenvalue weighted by Crippen LogP contribution is -2.38. The van der Waals surface area contributed by atoms with Crippen molar-refractivity contribution >= 4 is 5.91 Å². The van der Waals surface area contributed by atoms with Crippen LogP contribution in [0.4, 0.5) is 8.78 Å². The van der Waals surface area contributed by atoms with Crippen molar-refractivity contribution in [3.8, 4) is 5.75 Å². The number of phenolic OH excluding ortho intramolecular Hbond substituents is 1. The molecular formula is C13H15F2NO2. The van der Waals surface area contributed by atoms with Crippen molar-refractivity contribution in [2.75, 3.05) is 13.1 Å². The number of nitrogens with zero attached hydrogens (tertiary/aromatic N) is 1. The van der Waals surface area contributed by atoms with Gasteiger partial charge in [-0.25, -0.2) is 8.78 Å². The van der Waals surface area contributed by atoms with Crippen molar-refractivity contribution in [3.05, 3.63) is 29.3 Å². The summed E-state index contributed by atoms with van der Waals surface area (Å²) in [7, 11) is 0. The molecule has 1 N–H and O–H groups in total. The van der Waals surface area contributed by atoms with Gasteiger partial charge in [-0.1, -0.05) is 6.92 Å². The first-order valence-electron chi connectivity index (χ1n) is 5.97. The van der Waals surface area contributed by atoms with E-state index in [9.17, 15) is 18.7 Å². The van der Waals surface area contributed by atoms with E-state index in [1.165, 1.54) is 4.90 Å². The maximum atomic E-state index is 13.6. The monoisotopic (exact) mass is 255 g/mol. The summed E-state index contributed by atoms with van der Waals surface area (Å²) in [4.78, 5) is 13.5. The Morgan fingerprint density at radius 1 is 1.33 bits per heavy atom. The Bertz CT molecular complexity index is 468. The third-order valence-corrected chi connectivity index (χ3v) is 3.36. The standard InChI is InChI=1S/C13H15F2NO2/c1-8-4-6-16(7-5-8)13(18)11-9(14)2-3-10(17)12(11)15/h2-3,8,17H,4-7H2,1H3. The van der Waals surface area contributed by atoms with Crippen LogP contribution in [0.3, 0.4) is 0 Å². The fourth-order valence-corrected chi connectivity index (χ4v) is 2.11. The van der Waals surface area contributed by atoms with Gasteiger partial charge in [-0.2, -0.15) is 0 Å². The van der Waals surface area contributed by atoms with Crippen molar-refractivity contribution < 1.29 is 18.7 Å². The van der Waals surface area contributed by atoms with E-state index in [4.69, 9.17) is 0 Å². The number of aromatic hydroxyl groups is 1. The van der Waals surface area contributed by atoms with Crippen LogP contribution in [0, 0.1) is 17.6 Å². The molecule has 1 saturated heterocycles. The van der Waals surface area contributed by atoms with Gasteiger partial charge >= 0.3 is 0 Å². The summed E-state index contributed by atoms with van der Waals surface area (Å²) in [6.07, 6.45) is 1.65. The molecule has 2 rings (SSSR count). The molecule has 0 aliphatic carbocycles. The van der Waals surface area contributed by atoms with Crippen LogP contribution >= 0.6 is 0 Å². The normalized spacial score (nSPS) is 16.9. The van der Waals surface area contributed by atoms with E-state index >= 15 is 0 Å². The van der Waals surface area contributed by atoms with E-state index in [1.54, 1.807) is 0 Å². The van der Waals surface area contributed by atoms with E-state index < -0.39 is 28.9 Å². The van der Waals surface area contributed by atoms with Crippen LogP contribution in [-0.2, 0) is 0 Å². The van der Waals surface area contributed by atoms with Crippen LogP contribution < -0.4 is 0 Å². The highest BCUT2D eigenvalue weighted by Gasteiger charge is 2.27. The molecule has 5 heteroatoms. The molecule has 1 fully saturated rings. The van der Waals surface area contributed by atoms with Crippen LogP contribution in [0.1, 0.15) is 30.1 Å². The lowest BCUT2D eigenvalue weighted by molar-refractivity contribution is 0.0686. The first kappa shape index (κ1) is 12.8. The Labute approximate surface area is 104 Å². The molecule has 1 aliphatic heterocycles. The average Bonchev–Trinajstić information content (AvgIpc) is 2.35. The van der Waals surface area contributed by atoms with Gasteiger partial charge in [-0.15, -0.1) is 0 Å².